The Labute approximate surface area is 175 Å². The Hall–Kier alpha value is -3.42. The van der Waals surface area contributed by atoms with E-state index < -0.39 is 0 Å². The number of hydrogen-bond acceptors (Lipinski definition) is 7. The van der Waals surface area contributed by atoms with Crippen LogP contribution in [0.1, 0.15) is 48.1 Å². The molecule has 0 aliphatic heterocycles. The number of methoxy groups -OCH3 is 1. The van der Waals surface area contributed by atoms with Crippen LogP contribution in [-0.4, -0.2) is 31.8 Å². The summed E-state index contributed by atoms with van der Waals surface area (Å²) in [7, 11) is 1.67. The van der Waals surface area contributed by atoms with Gasteiger partial charge in [0.1, 0.15) is 17.6 Å². The van der Waals surface area contributed by atoms with E-state index in [0.717, 1.165) is 51.7 Å². The van der Waals surface area contributed by atoms with Crippen LogP contribution in [0.5, 0.6) is 5.75 Å². The SMILES string of the molecule is CC[C@H](Nc1cc(C)nc2c(-c3ccc(OC)cc3C)c(C)nn12)c1nc(C)no1. The Bertz CT molecular complexity index is 1210. The molecule has 0 aliphatic rings. The van der Waals surface area contributed by atoms with Crippen molar-refractivity contribution in [3.63, 3.8) is 0 Å². The number of nitrogens with one attached hydrogen (secondary N) is 1. The van der Waals surface area contributed by atoms with E-state index in [0.29, 0.717) is 11.7 Å². The van der Waals surface area contributed by atoms with E-state index in [1.165, 1.54) is 0 Å². The van der Waals surface area contributed by atoms with Crippen LogP contribution < -0.4 is 10.1 Å². The van der Waals surface area contributed by atoms with E-state index >= 15 is 0 Å². The van der Waals surface area contributed by atoms with Crippen molar-refractivity contribution < 1.29 is 9.26 Å². The minimum Gasteiger partial charge on any atom is -0.497 e. The van der Waals surface area contributed by atoms with Crippen molar-refractivity contribution in [2.45, 2.75) is 47.1 Å². The molecule has 8 heteroatoms. The fraction of sp³-hybridized carbons (Fsp3) is 0.364. The summed E-state index contributed by atoms with van der Waals surface area (Å²) in [6.07, 6.45) is 0.787. The predicted molar refractivity (Wildman–Crippen MR) is 115 cm³/mol. The largest absolute Gasteiger partial charge is 0.497 e. The lowest BCUT2D eigenvalue weighted by Gasteiger charge is -2.16. The molecule has 1 aromatic carbocycles. The third-order valence-electron chi connectivity index (χ3n) is 5.17. The minimum atomic E-state index is -0.119. The molecule has 3 heterocycles. The summed E-state index contributed by atoms with van der Waals surface area (Å²) in [5, 5.41) is 12.2. The number of rotatable bonds is 6. The number of fused-ring (bicyclic) bond motifs is 1. The van der Waals surface area contributed by atoms with E-state index in [1.807, 2.05) is 43.5 Å². The van der Waals surface area contributed by atoms with Crippen molar-refractivity contribution in [1.82, 2.24) is 24.7 Å². The second-order valence-electron chi connectivity index (χ2n) is 7.44. The first-order valence-corrected chi connectivity index (χ1v) is 10.00. The van der Waals surface area contributed by atoms with Crippen molar-refractivity contribution in [2.24, 2.45) is 0 Å². The highest BCUT2D eigenvalue weighted by atomic mass is 16.5. The van der Waals surface area contributed by atoms with Gasteiger partial charge < -0.3 is 14.6 Å². The van der Waals surface area contributed by atoms with Gasteiger partial charge >= 0.3 is 0 Å². The highest BCUT2D eigenvalue weighted by molar-refractivity contribution is 5.83. The number of hydrogen-bond donors (Lipinski definition) is 1. The van der Waals surface area contributed by atoms with E-state index in [-0.39, 0.29) is 6.04 Å². The molecule has 0 fully saturated rings. The number of benzene rings is 1. The highest BCUT2D eigenvalue weighted by Gasteiger charge is 2.21. The van der Waals surface area contributed by atoms with Gasteiger partial charge in [0.05, 0.1) is 12.8 Å². The van der Waals surface area contributed by atoms with Crippen molar-refractivity contribution in [3.8, 4) is 16.9 Å². The average molecular weight is 406 g/mol. The van der Waals surface area contributed by atoms with Crippen LogP contribution in [0, 0.1) is 27.7 Å². The topological polar surface area (TPSA) is 90.4 Å². The summed E-state index contributed by atoms with van der Waals surface area (Å²) in [6.45, 7) is 9.94. The van der Waals surface area contributed by atoms with Gasteiger partial charge in [0.2, 0.25) is 5.89 Å². The van der Waals surface area contributed by atoms with Crippen molar-refractivity contribution in [1.29, 1.82) is 0 Å². The minimum absolute atomic E-state index is 0.119. The Balaban J connectivity index is 1.83. The zero-order valence-corrected chi connectivity index (χ0v) is 18.1. The second kappa shape index (κ2) is 7.78. The summed E-state index contributed by atoms with van der Waals surface area (Å²) in [4.78, 5) is 9.19. The van der Waals surface area contributed by atoms with Crippen molar-refractivity contribution in [2.75, 3.05) is 12.4 Å². The molecule has 0 aliphatic carbocycles. The van der Waals surface area contributed by atoms with E-state index in [4.69, 9.17) is 19.3 Å². The van der Waals surface area contributed by atoms with E-state index in [2.05, 4.69) is 35.4 Å². The smallest absolute Gasteiger partial charge is 0.249 e. The number of nitrogens with zero attached hydrogens (tertiary/aromatic N) is 5. The maximum atomic E-state index is 5.39. The van der Waals surface area contributed by atoms with Gasteiger partial charge in [-0.05, 0) is 57.4 Å². The molecule has 1 atom stereocenters. The maximum absolute atomic E-state index is 5.39. The Morgan fingerprint density at radius 3 is 2.57 bits per heavy atom. The van der Waals surface area contributed by atoms with Gasteiger partial charge in [0, 0.05) is 17.3 Å². The normalized spacial score (nSPS) is 12.3. The van der Waals surface area contributed by atoms with Gasteiger partial charge in [-0.2, -0.15) is 14.6 Å². The van der Waals surface area contributed by atoms with E-state index in [9.17, 15) is 0 Å². The lowest BCUT2D eigenvalue weighted by atomic mass is 10.0. The molecule has 3 aromatic heterocycles. The zero-order chi connectivity index (χ0) is 21.4. The zero-order valence-electron chi connectivity index (χ0n) is 18.1. The standard InChI is InChI=1S/C22H26N6O2/c1-7-18(22-24-15(5)27-30-22)25-19-11-13(3)23-21-20(14(4)26-28(19)21)17-9-8-16(29-6)10-12(17)2/h8-11,18,25H,7H2,1-6H3/t18-/m0/s1. The Kier molecular flexibility index (Phi) is 5.15. The molecule has 0 spiro atoms. The molecule has 0 bridgehead atoms. The summed E-state index contributed by atoms with van der Waals surface area (Å²) in [5.41, 5.74) is 5.83. The number of aromatic nitrogens is 5. The second-order valence-corrected chi connectivity index (χ2v) is 7.44. The summed E-state index contributed by atoms with van der Waals surface area (Å²) < 4.78 is 12.6. The fourth-order valence-electron chi connectivity index (χ4n) is 3.68. The summed E-state index contributed by atoms with van der Waals surface area (Å²) in [6, 6.07) is 7.91. The van der Waals surface area contributed by atoms with Gasteiger partial charge in [-0.25, -0.2) is 4.98 Å². The molecule has 0 amide bonds. The van der Waals surface area contributed by atoms with Gasteiger partial charge in [0.25, 0.3) is 0 Å². The van der Waals surface area contributed by atoms with Crippen LogP contribution in [-0.2, 0) is 0 Å². The Morgan fingerprint density at radius 2 is 1.93 bits per heavy atom. The van der Waals surface area contributed by atoms with E-state index in [1.54, 1.807) is 7.11 Å². The molecule has 0 unspecified atom stereocenters. The molecular formula is C22H26N6O2. The predicted octanol–water partition coefficient (Wildman–Crippen LogP) is 4.58. The maximum Gasteiger partial charge on any atom is 0.249 e. The highest BCUT2D eigenvalue weighted by Crippen LogP contribution is 2.34. The lowest BCUT2D eigenvalue weighted by Crippen LogP contribution is -2.14. The van der Waals surface area contributed by atoms with Crippen molar-refractivity contribution >= 4 is 11.5 Å². The van der Waals surface area contributed by atoms with Gasteiger partial charge in [-0.15, -0.1) is 0 Å². The van der Waals surface area contributed by atoms with Crippen LogP contribution in [0.3, 0.4) is 0 Å². The monoisotopic (exact) mass is 406 g/mol. The van der Waals surface area contributed by atoms with Gasteiger partial charge in [-0.1, -0.05) is 18.1 Å². The van der Waals surface area contributed by atoms with Crippen molar-refractivity contribution in [3.05, 3.63) is 52.9 Å². The molecule has 0 radical (unpaired) electrons. The molecule has 156 valence electrons. The molecule has 8 nitrogen and oxygen atoms in total. The third-order valence-corrected chi connectivity index (χ3v) is 5.17. The number of anilines is 1. The summed E-state index contributed by atoms with van der Waals surface area (Å²) in [5.74, 6) is 2.85. The first-order valence-electron chi connectivity index (χ1n) is 10.00. The molecule has 4 rings (SSSR count). The number of aryl methyl sites for hydroxylation is 4. The Morgan fingerprint density at radius 1 is 1.13 bits per heavy atom. The van der Waals surface area contributed by atoms with Crippen LogP contribution in [0.15, 0.2) is 28.8 Å². The first kappa shape index (κ1) is 19.9. The first-order chi connectivity index (χ1) is 14.4. The average Bonchev–Trinajstić information content (AvgIpc) is 3.29. The fourth-order valence-corrected chi connectivity index (χ4v) is 3.68. The molecule has 0 saturated heterocycles. The third kappa shape index (κ3) is 3.49. The van der Waals surface area contributed by atoms with Crippen LogP contribution in [0.25, 0.3) is 16.8 Å². The quantitative estimate of drug-likeness (QED) is 0.501. The van der Waals surface area contributed by atoms with Gasteiger partial charge in [-0.3, -0.25) is 0 Å². The summed E-state index contributed by atoms with van der Waals surface area (Å²) >= 11 is 0. The molecule has 4 aromatic rings. The molecular weight excluding hydrogens is 380 g/mol. The lowest BCUT2D eigenvalue weighted by molar-refractivity contribution is 0.356. The van der Waals surface area contributed by atoms with Crippen LogP contribution in [0.4, 0.5) is 5.82 Å². The van der Waals surface area contributed by atoms with Gasteiger partial charge in [0.15, 0.2) is 11.5 Å². The number of ether oxygens (including phenoxy) is 1. The molecule has 1 N–H and O–H groups in total. The van der Waals surface area contributed by atoms with Crippen LogP contribution in [0.2, 0.25) is 0 Å². The molecule has 30 heavy (non-hydrogen) atoms. The van der Waals surface area contributed by atoms with Crippen LogP contribution >= 0.6 is 0 Å². The molecule has 0 saturated carbocycles.